The molecule has 0 aromatic carbocycles. The van der Waals surface area contributed by atoms with Crippen LogP contribution in [0.4, 0.5) is 10.6 Å². The average Bonchev–Trinajstić information content (AvgIpc) is 2.81. The Bertz CT molecular complexity index is 959. The van der Waals surface area contributed by atoms with Crippen molar-refractivity contribution in [2.45, 2.75) is 76.0 Å². The molecule has 3 aliphatic rings. The third-order valence-electron chi connectivity index (χ3n) is 7.55. The summed E-state index contributed by atoms with van der Waals surface area (Å²) in [6.45, 7) is 6.03. The van der Waals surface area contributed by atoms with Crippen LogP contribution in [0, 0.1) is 5.92 Å². The Labute approximate surface area is 218 Å². The third-order valence-corrected chi connectivity index (χ3v) is 7.55. The molecule has 1 aromatic heterocycles. The SMILES string of the molecule is CC(C)(N)C(=O)N1CCN(C(=O)Nc2ccn([C@H]3CC[C@H](CNC4CC(N)C4)CC3)c(=O)n2)CC1.Cl. The van der Waals surface area contributed by atoms with Gasteiger partial charge in [-0.1, -0.05) is 0 Å². The topological polar surface area (TPSA) is 152 Å². The zero-order valence-corrected chi connectivity index (χ0v) is 22.1. The molecule has 202 valence electrons. The summed E-state index contributed by atoms with van der Waals surface area (Å²) >= 11 is 0. The molecule has 1 aliphatic heterocycles. The van der Waals surface area contributed by atoms with Gasteiger partial charge >= 0.3 is 11.7 Å². The van der Waals surface area contributed by atoms with Gasteiger partial charge in [0, 0.05) is 50.5 Å². The minimum atomic E-state index is -0.931. The highest BCUT2D eigenvalue weighted by Gasteiger charge is 2.32. The van der Waals surface area contributed by atoms with Crippen LogP contribution < -0.4 is 27.8 Å². The Balaban J connectivity index is 0.00000361. The van der Waals surface area contributed by atoms with Gasteiger partial charge in [-0.3, -0.25) is 14.7 Å². The molecule has 2 saturated carbocycles. The smallest absolute Gasteiger partial charge is 0.338 e. The van der Waals surface area contributed by atoms with E-state index in [1.54, 1.807) is 40.5 Å². The molecular formula is C24H41ClN8O3. The Kier molecular flexibility index (Phi) is 9.37. The van der Waals surface area contributed by atoms with Crippen LogP contribution in [0.3, 0.4) is 0 Å². The lowest BCUT2D eigenvalue weighted by Crippen LogP contribution is -2.58. The van der Waals surface area contributed by atoms with E-state index in [1.165, 1.54) is 0 Å². The standard InChI is InChI=1S/C24H40N8O3.ClH/c1-24(2,26)21(33)30-9-11-31(12-10-30)22(34)28-20-7-8-32(23(35)29-20)19-5-3-16(4-6-19)15-27-18-13-17(25)14-18;/h7-8,16-19,27H,3-6,9-15,25-26H2,1-2H3,(H,28,29,34,35);1H/t16-,17?,18?,19-;. The maximum absolute atomic E-state index is 12.7. The van der Waals surface area contributed by atoms with E-state index in [4.69, 9.17) is 11.5 Å². The second kappa shape index (κ2) is 11.9. The third kappa shape index (κ3) is 6.96. The van der Waals surface area contributed by atoms with Gasteiger partial charge < -0.3 is 26.6 Å². The molecule has 0 spiro atoms. The maximum Gasteiger partial charge on any atom is 0.349 e. The molecule has 3 amide bonds. The number of aromatic nitrogens is 2. The highest BCUT2D eigenvalue weighted by Crippen LogP contribution is 2.31. The molecular weight excluding hydrogens is 484 g/mol. The number of hydrogen-bond acceptors (Lipinski definition) is 7. The summed E-state index contributed by atoms with van der Waals surface area (Å²) in [5.74, 6) is 0.752. The van der Waals surface area contributed by atoms with Crippen molar-refractivity contribution < 1.29 is 9.59 Å². The van der Waals surface area contributed by atoms with Crippen molar-refractivity contribution >= 4 is 30.2 Å². The minimum absolute atomic E-state index is 0. The van der Waals surface area contributed by atoms with Gasteiger partial charge in [-0.15, -0.1) is 12.4 Å². The molecule has 11 nitrogen and oxygen atoms in total. The fraction of sp³-hybridized carbons (Fsp3) is 0.750. The molecule has 0 radical (unpaired) electrons. The number of nitrogens with two attached hydrogens (primary N) is 2. The molecule has 1 saturated heterocycles. The first kappa shape index (κ1) is 28.4. The number of carbonyl (C=O) groups excluding carboxylic acids is 2. The normalized spacial score (nSPS) is 26.6. The lowest BCUT2D eigenvalue weighted by molar-refractivity contribution is -0.137. The Hall–Kier alpha value is -2.21. The summed E-state index contributed by atoms with van der Waals surface area (Å²) in [4.78, 5) is 45.1. The summed E-state index contributed by atoms with van der Waals surface area (Å²) in [5, 5.41) is 6.34. The lowest BCUT2D eigenvalue weighted by atomic mass is 9.84. The van der Waals surface area contributed by atoms with E-state index in [-0.39, 0.29) is 41.9 Å². The Morgan fingerprint density at radius 3 is 2.25 bits per heavy atom. The second-order valence-corrected chi connectivity index (χ2v) is 10.9. The van der Waals surface area contributed by atoms with Gasteiger partial charge in [0.25, 0.3) is 0 Å². The molecule has 6 N–H and O–H groups in total. The molecule has 4 rings (SSSR count). The summed E-state index contributed by atoms with van der Waals surface area (Å²) in [6, 6.07) is 2.44. The number of nitrogens with one attached hydrogen (secondary N) is 2. The Morgan fingerprint density at radius 2 is 1.69 bits per heavy atom. The first-order valence-corrected chi connectivity index (χ1v) is 12.8. The van der Waals surface area contributed by atoms with Gasteiger partial charge in [0.15, 0.2) is 0 Å². The van der Waals surface area contributed by atoms with Gasteiger partial charge in [-0.05, 0) is 70.9 Å². The number of carbonyl (C=O) groups is 2. The molecule has 36 heavy (non-hydrogen) atoms. The van der Waals surface area contributed by atoms with Crippen molar-refractivity contribution in [3.05, 3.63) is 22.7 Å². The predicted molar refractivity (Wildman–Crippen MR) is 141 cm³/mol. The van der Waals surface area contributed by atoms with Gasteiger partial charge in [-0.2, -0.15) is 4.98 Å². The Morgan fingerprint density at radius 1 is 1.08 bits per heavy atom. The number of anilines is 1. The number of rotatable bonds is 6. The summed E-state index contributed by atoms with van der Waals surface area (Å²) in [7, 11) is 0. The fourth-order valence-corrected chi connectivity index (χ4v) is 5.26. The maximum atomic E-state index is 12.7. The molecule has 1 aromatic rings. The number of amides is 3. The van der Waals surface area contributed by atoms with Crippen LogP contribution in [0.15, 0.2) is 17.1 Å². The fourth-order valence-electron chi connectivity index (χ4n) is 5.26. The van der Waals surface area contributed by atoms with E-state index in [0.29, 0.717) is 44.2 Å². The molecule has 0 bridgehead atoms. The molecule has 0 unspecified atom stereocenters. The molecule has 2 heterocycles. The van der Waals surface area contributed by atoms with Crippen LogP contribution in [0.5, 0.6) is 0 Å². The molecule has 0 atom stereocenters. The van der Waals surface area contributed by atoms with Crippen LogP contribution in [0.1, 0.15) is 58.4 Å². The number of nitrogens with zero attached hydrogens (tertiary/aromatic N) is 4. The van der Waals surface area contributed by atoms with Crippen molar-refractivity contribution in [3.8, 4) is 0 Å². The van der Waals surface area contributed by atoms with Crippen LogP contribution in [0.25, 0.3) is 0 Å². The van der Waals surface area contributed by atoms with Gasteiger partial charge in [0.2, 0.25) is 5.91 Å². The lowest BCUT2D eigenvalue weighted by Gasteiger charge is -2.37. The van der Waals surface area contributed by atoms with E-state index >= 15 is 0 Å². The zero-order valence-electron chi connectivity index (χ0n) is 21.3. The summed E-state index contributed by atoms with van der Waals surface area (Å²) < 4.78 is 1.70. The van der Waals surface area contributed by atoms with Crippen LogP contribution in [-0.2, 0) is 4.79 Å². The zero-order chi connectivity index (χ0) is 25.2. The van der Waals surface area contributed by atoms with Crippen LogP contribution >= 0.6 is 12.4 Å². The largest absolute Gasteiger partial charge is 0.349 e. The molecule has 2 aliphatic carbocycles. The first-order chi connectivity index (χ1) is 16.6. The highest BCUT2D eigenvalue weighted by molar-refractivity contribution is 5.89. The van der Waals surface area contributed by atoms with Gasteiger partial charge in [0.05, 0.1) is 5.54 Å². The van der Waals surface area contributed by atoms with Crippen LogP contribution in [0.2, 0.25) is 0 Å². The number of urea groups is 1. The highest BCUT2D eigenvalue weighted by atomic mass is 35.5. The van der Waals surface area contributed by atoms with Crippen molar-refractivity contribution in [2.75, 3.05) is 38.0 Å². The average molecular weight is 525 g/mol. The monoisotopic (exact) mass is 524 g/mol. The van der Waals surface area contributed by atoms with Crippen LogP contribution in [-0.4, -0.2) is 81.6 Å². The molecule has 3 fully saturated rings. The summed E-state index contributed by atoms with van der Waals surface area (Å²) in [5.41, 5.74) is 10.5. The first-order valence-electron chi connectivity index (χ1n) is 12.8. The van der Waals surface area contributed by atoms with Gasteiger partial charge in [0.1, 0.15) is 5.82 Å². The minimum Gasteiger partial charge on any atom is -0.338 e. The van der Waals surface area contributed by atoms with Crippen molar-refractivity contribution in [2.24, 2.45) is 17.4 Å². The van der Waals surface area contributed by atoms with E-state index in [0.717, 1.165) is 45.1 Å². The van der Waals surface area contributed by atoms with E-state index in [1.807, 2.05) is 0 Å². The van der Waals surface area contributed by atoms with Crippen molar-refractivity contribution in [1.29, 1.82) is 0 Å². The van der Waals surface area contributed by atoms with E-state index in [2.05, 4.69) is 15.6 Å². The van der Waals surface area contributed by atoms with E-state index in [9.17, 15) is 14.4 Å². The molecule has 12 heteroatoms. The quantitative estimate of drug-likeness (QED) is 0.431. The van der Waals surface area contributed by atoms with E-state index < -0.39 is 5.54 Å². The number of halogens is 1. The predicted octanol–water partition coefficient (Wildman–Crippen LogP) is 0.889. The van der Waals surface area contributed by atoms with Crippen molar-refractivity contribution in [1.82, 2.24) is 24.7 Å². The summed E-state index contributed by atoms with van der Waals surface area (Å²) in [6.07, 6.45) is 7.95. The van der Waals surface area contributed by atoms with Crippen molar-refractivity contribution in [3.63, 3.8) is 0 Å². The number of hydrogen-bond donors (Lipinski definition) is 4. The second-order valence-electron chi connectivity index (χ2n) is 10.9. The van der Waals surface area contributed by atoms with Gasteiger partial charge in [-0.25, -0.2) is 9.59 Å². The number of piperazine rings is 1.